The van der Waals surface area contributed by atoms with Crippen molar-refractivity contribution in [1.82, 2.24) is 9.88 Å². The highest BCUT2D eigenvalue weighted by Gasteiger charge is 2.42. The number of fused-ring (bicyclic) bond motifs is 1. The molecule has 2 aliphatic heterocycles. The third kappa shape index (κ3) is 1.93. The lowest BCUT2D eigenvalue weighted by molar-refractivity contribution is 0.281. The van der Waals surface area contributed by atoms with Crippen LogP contribution < -0.4 is 4.90 Å². The SMILES string of the molecule is C=CCN1CC[C@H]2[C@@H]1CCN2c1cccc(C)n1. The van der Waals surface area contributed by atoms with E-state index in [0.29, 0.717) is 12.1 Å². The van der Waals surface area contributed by atoms with Gasteiger partial charge in [0.25, 0.3) is 0 Å². The Hall–Kier alpha value is -1.35. The predicted molar refractivity (Wildman–Crippen MR) is 74.9 cm³/mol. The Morgan fingerprint density at radius 3 is 2.94 bits per heavy atom. The average Bonchev–Trinajstić information content (AvgIpc) is 2.92. The van der Waals surface area contributed by atoms with Crippen LogP contribution in [0.3, 0.4) is 0 Å². The molecule has 0 aliphatic carbocycles. The van der Waals surface area contributed by atoms with Gasteiger partial charge >= 0.3 is 0 Å². The number of nitrogens with zero attached hydrogens (tertiary/aromatic N) is 3. The summed E-state index contributed by atoms with van der Waals surface area (Å²) in [6.45, 7) is 9.29. The van der Waals surface area contributed by atoms with E-state index in [0.717, 1.165) is 24.6 Å². The van der Waals surface area contributed by atoms with Crippen molar-refractivity contribution in [2.75, 3.05) is 24.5 Å². The summed E-state index contributed by atoms with van der Waals surface area (Å²) >= 11 is 0. The molecule has 2 saturated heterocycles. The molecule has 0 aromatic carbocycles. The van der Waals surface area contributed by atoms with Gasteiger partial charge < -0.3 is 4.90 Å². The van der Waals surface area contributed by atoms with Gasteiger partial charge in [0.2, 0.25) is 0 Å². The van der Waals surface area contributed by atoms with Crippen molar-refractivity contribution < 1.29 is 0 Å². The van der Waals surface area contributed by atoms with Gasteiger partial charge in [0.15, 0.2) is 0 Å². The van der Waals surface area contributed by atoms with Crippen LogP contribution >= 0.6 is 0 Å². The molecule has 0 bridgehead atoms. The normalized spacial score (nSPS) is 27.5. The summed E-state index contributed by atoms with van der Waals surface area (Å²) in [4.78, 5) is 9.74. The van der Waals surface area contributed by atoms with Crippen LogP contribution in [0.25, 0.3) is 0 Å². The number of aromatic nitrogens is 1. The van der Waals surface area contributed by atoms with Gasteiger partial charge in [-0.15, -0.1) is 6.58 Å². The highest BCUT2D eigenvalue weighted by Crippen LogP contribution is 2.34. The molecule has 0 saturated carbocycles. The van der Waals surface area contributed by atoms with E-state index < -0.39 is 0 Å². The van der Waals surface area contributed by atoms with Crippen molar-refractivity contribution in [3.63, 3.8) is 0 Å². The quantitative estimate of drug-likeness (QED) is 0.759. The van der Waals surface area contributed by atoms with E-state index >= 15 is 0 Å². The van der Waals surface area contributed by atoms with Gasteiger partial charge in [0.1, 0.15) is 5.82 Å². The second-order valence-electron chi connectivity index (χ2n) is 5.33. The maximum Gasteiger partial charge on any atom is 0.129 e. The molecular formula is C15H21N3. The molecule has 2 aliphatic rings. The molecule has 3 nitrogen and oxygen atoms in total. The predicted octanol–water partition coefficient (Wildman–Crippen LogP) is 2.23. The molecule has 0 amide bonds. The number of pyridine rings is 1. The third-order valence-corrected chi connectivity index (χ3v) is 4.22. The molecule has 3 heterocycles. The van der Waals surface area contributed by atoms with Crippen molar-refractivity contribution in [3.8, 4) is 0 Å². The second-order valence-corrected chi connectivity index (χ2v) is 5.33. The Morgan fingerprint density at radius 1 is 1.33 bits per heavy atom. The van der Waals surface area contributed by atoms with Crippen LogP contribution in [0.4, 0.5) is 5.82 Å². The zero-order chi connectivity index (χ0) is 12.5. The lowest BCUT2D eigenvalue weighted by Gasteiger charge is -2.26. The maximum absolute atomic E-state index is 4.67. The van der Waals surface area contributed by atoms with Crippen LogP contribution in [-0.4, -0.2) is 41.6 Å². The van der Waals surface area contributed by atoms with E-state index in [1.165, 1.54) is 19.4 Å². The zero-order valence-corrected chi connectivity index (χ0v) is 11.0. The highest BCUT2D eigenvalue weighted by molar-refractivity contribution is 5.43. The van der Waals surface area contributed by atoms with Gasteiger partial charge in [-0.25, -0.2) is 4.98 Å². The first-order valence-electron chi connectivity index (χ1n) is 6.85. The Morgan fingerprint density at radius 2 is 2.17 bits per heavy atom. The van der Waals surface area contributed by atoms with Crippen LogP contribution in [0, 0.1) is 6.92 Å². The van der Waals surface area contributed by atoms with Crippen molar-refractivity contribution in [2.45, 2.75) is 31.8 Å². The first-order chi connectivity index (χ1) is 8.79. The summed E-state index contributed by atoms with van der Waals surface area (Å²) in [7, 11) is 0. The number of hydrogen-bond acceptors (Lipinski definition) is 3. The van der Waals surface area contributed by atoms with Crippen LogP contribution in [0.1, 0.15) is 18.5 Å². The summed E-state index contributed by atoms with van der Waals surface area (Å²) in [5.74, 6) is 1.16. The molecule has 18 heavy (non-hydrogen) atoms. The molecule has 0 N–H and O–H groups in total. The van der Waals surface area contributed by atoms with Crippen molar-refractivity contribution in [1.29, 1.82) is 0 Å². The number of aryl methyl sites for hydroxylation is 1. The molecule has 0 spiro atoms. The van der Waals surface area contributed by atoms with E-state index in [1.807, 2.05) is 6.08 Å². The summed E-state index contributed by atoms with van der Waals surface area (Å²) in [5.41, 5.74) is 1.11. The zero-order valence-electron chi connectivity index (χ0n) is 11.0. The van der Waals surface area contributed by atoms with Crippen LogP contribution in [0.15, 0.2) is 30.9 Å². The lowest BCUT2D eigenvalue weighted by Crippen LogP contribution is -2.36. The summed E-state index contributed by atoms with van der Waals surface area (Å²) in [6, 6.07) is 7.67. The van der Waals surface area contributed by atoms with Gasteiger partial charge in [0.05, 0.1) is 0 Å². The standard InChI is InChI=1S/C15H21N3/c1-3-9-17-10-7-14-13(17)8-11-18(14)15-6-4-5-12(2)16-15/h3-6,13-14H,1,7-11H2,2H3/t13-,14-/m0/s1. The van der Waals surface area contributed by atoms with Crippen molar-refractivity contribution in [2.24, 2.45) is 0 Å². The van der Waals surface area contributed by atoms with Crippen LogP contribution in [-0.2, 0) is 0 Å². The maximum atomic E-state index is 4.67. The second kappa shape index (κ2) is 4.73. The van der Waals surface area contributed by atoms with Crippen LogP contribution in [0.2, 0.25) is 0 Å². The molecule has 2 fully saturated rings. The third-order valence-electron chi connectivity index (χ3n) is 4.22. The number of anilines is 1. The minimum absolute atomic E-state index is 0.652. The van der Waals surface area contributed by atoms with Crippen molar-refractivity contribution in [3.05, 3.63) is 36.5 Å². The molecule has 0 unspecified atom stereocenters. The van der Waals surface area contributed by atoms with E-state index in [4.69, 9.17) is 0 Å². The fourth-order valence-corrected chi connectivity index (χ4v) is 3.44. The van der Waals surface area contributed by atoms with Crippen LogP contribution in [0.5, 0.6) is 0 Å². The topological polar surface area (TPSA) is 19.4 Å². The highest BCUT2D eigenvalue weighted by atomic mass is 15.3. The average molecular weight is 243 g/mol. The Balaban J connectivity index is 1.79. The van der Waals surface area contributed by atoms with E-state index in [-0.39, 0.29) is 0 Å². The summed E-state index contributed by atoms with van der Waals surface area (Å²) < 4.78 is 0. The van der Waals surface area contributed by atoms with Gasteiger partial charge in [-0.2, -0.15) is 0 Å². The van der Waals surface area contributed by atoms with Gasteiger partial charge in [0, 0.05) is 37.4 Å². The molecule has 1 aromatic rings. The minimum Gasteiger partial charge on any atom is -0.352 e. The molecule has 3 heteroatoms. The monoisotopic (exact) mass is 243 g/mol. The Bertz CT molecular complexity index is 443. The molecule has 1 aromatic heterocycles. The van der Waals surface area contributed by atoms with E-state index in [1.54, 1.807) is 0 Å². The Labute approximate surface area is 109 Å². The van der Waals surface area contributed by atoms with Gasteiger partial charge in [-0.1, -0.05) is 12.1 Å². The smallest absolute Gasteiger partial charge is 0.129 e. The van der Waals surface area contributed by atoms with Gasteiger partial charge in [-0.3, -0.25) is 4.90 Å². The van der Waals surface area contributed by atoms with Gasteiger partial charge in [-0.05, 0) is 31.9 Å². The van der Waals surface area contributed by atoms with E-state index in [9.17, 15) is 0 Å². The number of rotatable bonds is 3. The molecule has 0 radical (unpaired) electrons. The fourth-order valence-electron chi connectivity index (χ4n) is 3.44. The molecule has 96 valence electrons. The first-order valence-corrected chi connectivity index (χ1v) is 6.85. The number of likely N-dealkylation sites (tertiary alicyclic amines) is 1. The molecular weight excluding hydrogens is 222 g/mol. The van der Waals surface area contributed by atoms with E-state index in [2.05, 4.69) is 46.5 Å². The molecule has 3 rings (SSSR count). The minimum atomic E-state index is 0.652. The largest absolute Gasteiger partial charge is 0.352 e. The lowest BCUT2D eigenvalue weighted by atomic mass is 10.1. The Kier molecular flexibility index (Phi) is 3.08. The summed E-state index contributed by atoms with van der Waals surface area (Å²) in [6.07, 6.45) is 4.54. The number of hydrogen-bond donors (Lipinski definition) is 0. The molecule has 2 atom stereocenters. The first kappa shape index (κ1) is 11.7. The van der Waals surface area contributed by atoms with Crippen molar-refractivity contribution >= 4 is 5.82 Å². The summed E-state index contributed by atoms with van der Waals surface area (Å²) in [5, 5.41) is 0. The fraction of sp³-hybridized carbons (Fsp3) is 0.533.